The highest BCUT2D eigenvalue weighted by Gasteiger charge is 2.90. The summed E-state index contributed by atoms with van der Waals surface area (Å²) >= 11 is 6.79. The van der Waals surface area contributed by atoms with Crippen LogP contribution in [-0.2, 0) is 19.1 Å². The number of carbonyl (C=O) groups excluding carboxylic acids is 3. The lowest BCUT2D eigenvalue weighted by molar-refractivity contribution is -0.146. The lowest BCUT2D eigenvalue weighted by Gasteiger charge is -2.35. The molecule has 2 aromatic heterocycles. The molecule has 15 heteroatoms. The number of hydrogen-bond acceptors (Lipinski definition) is 10. The first-order valence-electron chi connectivity index (χ1n) is 19.2. The first-order valence-corrected chi connectivity index (χ1v) is 19.6. The Labute approximate surface area is 329 Å². The monoisotopic (exact) mass is 789 g/mol. The molecule has 9 rings (SSSR count). The van der Waals surface area contributed by atoms with Crippen LogP contribution in [0.5, 0.6) is 11.5 Å². The number of carbonyl (C=O) groups is 4. The average molecular weight is 790 g/mol. The van der Waals surface area contributed by atoms with Gasteiger partial charge in [0.2, 0.25) is 11.8 Å². The van der Waals surface area contributed by atoms with Crippen LogP contribution in [0.1, 0.15) is 72.5 Å². The van der Waals surface area contributed by atoms with E-state index in [1.165, 1.54) is 18.1 Å². The predicted octanol–water partition coefficient (Wildman–Crippen LogP) is 5.96. The number of alkyl carbamates (subject to hydrolysis) is 1. The maximum absolute atomic E-state index is 14.7. The normalized spacial score (nSPS) is 31.4. The van der Waals surface area contributed by atoms with Crippen molar-refractivity contribution >= 4 is 46.4 Å². The van der Waals surface area contributed by atoms with E-state index in [2.05, 4.69) is 29.3 Å². The Balaban J connectivity index is 1.10. The fraction of sp³-hybridized carbons (Fsp3) is 0.561. The minimum atomic E-state index is -1.53. The van der Waals surface area contributed by atoms with Crippen LogP contribution in [0.4, 0.5) is 4.79 Å². The van der Waals surface area contributed by atoms with Gasteiger partial charge in [-0.3, -0.25) is 9.59 Å². The van der Waals surface area contributed by atoms with Gasteiger partial charge in [-0.25, -0.2) is 14.6 Å². The number of nitrogens with zero attached hydrogens (tertiary/aromatic N) is 3. The second kappa shape index (κ2) is 13.1. The molecule has 14 nitrogen and oxygen atoms in total. The van der Waals surface area contributed by atoms with Gasteiger partial charge < -0.3 is 39.4 Å². The van der Waals surface area contributed by atoms with E-state index in [9.17, 15) is 24.3 Å². The molecule has 1 aromatic carbocycles. The van der Waals surface area contributed by atoms with E-state index in [0.29, 0.717) is 62.7 Å². The molecule has 6 fully saturated rings. The first kappa shape index (κ1) is 38.0. The zero-order chi connectivity index (χ0) is 40.2. The molecule has 1 aliphatic heterocycles. The first-order chi connectivity index (χ1) is 26.4. The number of benzene rings is 1. The van der Waals surface area contributed by atoms with Crippen LogP contribution in [0, 0.1) is 34.5 Å². The molecule has 1 unspecified atom stereocenters. The van der Waals surface area contributed by atoms with E-state index in [1.54, 1.807) is 24.3 Å². The van der Waals surface area contributed by atoms with E-state index in [1.807, 2.05) is 34.6 Å². The average Bonchev–Trinajstić information content (AvgIpc) is 3.82. The van der Waals surface area contributed by atoms with Crippen molar-refractivity contribution in [3.8, 4) is 22.9 Å². The van der Waals surface area contributed by atoms with Crippen LogP contribution in [0.2, 0.25) is 5.02 Å². The number of fused-ring (bicyclic) bond motifs is 2. The Kier molecular flexibility index (Phi) is 8.90. The topological polar surface area (TPSA) is 182 Å². The van der Waals surface area contributed by atoms with E-state index in [0.717, 1.165) is 6.42 Å². The second-order valence-electron chi connectivity index (χ2n) is 17.7. The van der Waals surface area contributed by atoms with Crippen LogP contribution >= 0.6 is 11.6 Å². The molecule has 5 saturated carbocycles. The Morgan fingerprint density at radius 2 is 1.86 bits per heavy atom. The van der Waals surface area contributed by atoms with Gasteiger partial charge in [-0.15, -0.1) is 6.58 Å². The molecule has 3 aromatic rings. The number of methoxy groups -OCH3 is 1. The molecule has 0 spiro atoms. The number of ether oxygens (including phenoxy) is 3. The summed E-state index contributed by atoms with van der Waals surface area (Å²) in [4.78, 5) is 60.8. The smallest absolute Gasteiger partial charge is 0.408 e. The van der Waals surface area contributed by atoms with Gasteiger partial charge in [-0.2, -0.15) is 0 Å². The molecular weight excluding hydrogens is 742 g/mol. The molecule has 2 bridgehead atoms. The van der Waals surface area contributed by atoms with Gasteiger partial charge in [0.15, 0.2) is 0 Å². The number of carboxylic acid groups (broad SMARTS) is 1. The summed E-state index contributed by atoms with van der Waals surface area (Å²) in [7, 11) is 1.50. The number of aliphatic carboxylic acids is 1. The SMILES string of the molecule is C=C[C@@H]1C[C@]1(NC(=O)[C@@H]1C[C@@H](Oc2cc(-c3cc(C(C)C)on3)nc3c(Cl)c(OC)ccc23)CN1C(=O)[C@@H](NC(=O)O[C@@H]1C[C@H]2[C@H]3C1[C@]32C)C(C)(C)C)C(=O)O. The fourth-order valence-corrected chi connectivity index (χ4v) is 9.73. The number of rotatable bonds is 12. The van der Waals surface area contributed by atoms with Crippen molar-refractivity contribution in [3.05, 3.63) is 47.7 Å². The number of nitrogens with one attached hydrogen (secondary N) is 2. The van der Waals surface area contributed by atoms with Crippen LogP contribution in [0.15, 0.2) is 41.4 Å². The summed E-state index contributed by atoms with van der Waals surface area (Å²) in [6, 6.07) is 4.73. The minimum Gasteiger partial charge on any atom is -0.495 e. The van der Waals surface area contributed by atoms with E-state index in [4.69, 9.17) is 35.3 Å². The van der Waals surface area contributed by atoms with Crippen molar-refractivity contribution in [1.29, 1.82) is 0 Å². The van der Waals surface area contributed by atoms with Gasteiger partial charge in [-0.1, -0.05) is 64.4 Å². The third kappa shape index (κ3) is 6.06. The number of hydrogen-bond donors (Lipinski definition) is 3. The molecule has 3 amide bonds. The minimum absolute atomic E-state index is 0.0168. The van der Waals surface area contributed by atoms with Crippen LogP contribution in [0.25, 0.3) is 22.3 Å². The number of aromatic nitrogens is 2. The van der Waals surface area contributed by atoms with Gasteiger partial charge in [0.25, 0.3) is 0 Å². The summed E-state index contributed by atoms with van der Waals surface area (Å²) in [5.74, 6) is 0.272. The Morgan fingerprint density at radius 3 is 2.43 bits per heavy atom. The molecule has 56 heavy (non-hydrogen) atoms. The third-order valence-corrected chi connectivity index (χ3v) is 13.3. The van der Waals surface area contributed by atoms with E-state index < -0.39 is 58.9 Å². The highest BCUT2D eigenvalue weighted by molar-refractivity contribution is 6.36. The quantitative estimate of drug-likeness (QED) is 0.184. The molecule has 1 saturated heterocycles. The van der Waals surface area contributed by atoms with Crippen molar-refractivity contribution in [1.82, 2.24) is 25.7 Å². The fourth-order valence-electron chi connectivity index (χ4n) is 9.45. The predicted molar refractivity (Wildman–Crippen MR) is 204 cm³/mol. The molecule has 6 aliphatic rings. The number of halogens is 1. The maximum atomic E-state index is 14.7. The summed E-state index contributed by atoms with van der Waals surface area (Å²) in [5, 5.41) is 20.7. The molecule has 3 heterocycles. The lowest BCUT2D eigenvalue weighted by Crippen LogP contribution is -2.59. The number of likely N-dealkylation sites (tertiary alicyclic amines) is 1. The number of pyridine rings is 1. The standard InChI is InChI=1S/C41H48ClN5O9/c1-9-19-16-41(19,37(50)51)45-35(48)25-12-20(17-47(25)36(49)34(39(4,5)6)44-38(52)55-29-13-22-30-31(29)40(22,30)7)54-28-14-23(24-15-27(18(2)3)56-46-24)43-33-21(28)10-11-26(53-8)32(33)42/h9-11,14-15,18-20,22,25,29-31,34H,1,12-13,16-17H2,2-8H3,(H,44,52)(H,45,48)(H,50,51)/t19-,20-,22+,25+,29-,30+,31?,34-,40+,41-/m1/s1. The molecule has 3 N–H and O–H groups in total. The second-order valence-corrected chi connectivity index (χ2v) is 18.1. The lowest BCUT2D eigenvalue weighted by atomic mass is 9.85. The van der Waals surface area contributed by atoms with Gasteiger partial charge in [0, 0.05) is 41.7 Å². The molecule has 10 atom stereocenters. The number of amides is 3. The summed E-state index contributed by atoms with van der Waals surface area (Å²) in [6.07, 6.45) is 0.911. The van der Waals surface area contributed by atoms with Crippen molar-refractivity contribution in [2.24, 2.45) is 34.5 Å². The third-order valence-electron chi connectivity index (χ3n) is 13.0. The van der Waals surface area contributed by atoms with Crippen LogP contribution < -0.4 is 20.1 Å². The van der Waals surface area contributed by atoms with Crippen molar-refractivity contribution in [2.45, 2.75) is 96.6 Å². The number of carboxylic acids is 1. The van der Waals surface area contributed by atoms with Crippen molar-refractivity contribution < 1.29 is 43.0 Å². The Bertz CT molecular complexity index is 2160. The van der Waals surface area contributed by atoms with Gasteiger partial charge >= 0.3 is 12.1 Å². The van der Waals surface area contributed by atoms with Crippen molar-refractivity contribution in [2.75, 3.05) is 13.7 Å². The Hall–Kier alpha value is -4.85. The van der Waals surface area contributed by atoms with Gasteiger partial charge in [-0.05, 0) is 47.6 Å². The molecule has 298 valence electrons. The van der Waals surface area contributed by atoms with Gasteiger partial charge in [0.05, 0.1) is 24.9 Å². The largest absolute Gasteiger partial charge is 0.495 e. The Morgan fingerprint density at radius 1 is 1.12 bits per heavy atom. The molecule has 0 radical (unpaired) electrons. The summed E-state index contributed by atoms with van der Waals surface area (Å²) in [6.45, 7) is 15.3. The maximum Gasteiger partial charge on any atom is 0.408 e. The van der Waals surface area contributed by atoms with E-state index >= 15 is 0 Å². The zero-order valence-electron chi connectivity index (χ0n) is 32.6. The van der Waals surface area contributed by atoms with Crippen LogP contribution in [-0.4, -0.2) is 87.5 Å². The molecular formula is C41H48ClN5O9. The highest BCUT2D eigenvalue weighted by atomic mass is 35.5. The van der Waals surface area contributed by atoms with Crippen molar-refractivity contribution in [3.63, 3.8) is 0 Å². The van der Waals surface area contributed by atoms with Crippen LogP contribution in [0.3, 0.4) is 0 Å². The highest BCUT2D eigenvalue weighted by Crippen LogP contribution is 2.91. The zero-order valence-corrected chi connectivity index (χ0v) is 33.3. The summed E-state index contributed by atoms with van der Waals surface area (Å²) < 4.78 is 23.6. The van der Waals surface area contributed by atoms with E-state index in [-0.39, 0.29) is 36.4 Å². The molecule has 5 aliphatic carbocycles. The van der Waals surface area contributed by atoms with Gasteiger partial charge in [0.1, 0.15) is 57.8 Å². The summed E-state index contributed by atoms with van der Waals surface area (Å²) in [5.41, 5.74) is -0.786.